The first kappa shape index (κ1) is 16.0. The number of carbonyl (C=O) groups excluding carboxylic acids is 1. The lowest BCUT2D eigenvalue weighted by Crippen LogP contribution is -2.12. The van der Waals surface area contributed by atoms with E-state index >= 15 is 0 Å². The van der Waals surface area contributed by atoms with Gasteiger partial charge in [-0.2, -0.15) is 0 Å². The van der Waals surface area contributed by atoms with Crippen LogP contribution in [0.4, 0.5) is 5.69 Å². The van der Waals surface area contributed by atoms with Crippen LogP contribution in [0.1, 0.15) is 21.7 Å². The number of fused-ring (bicyclic) bond motifs is 1. The number of nitrogens with zero attached hydrogens (tertiary/aromatic N) is 4. The summed E-state index contributed by atoms with van der Waals surface area (Å²) in [5.41, 5.74) is 4.74. The normalized spacial score (nSPS) is 11.0. The number of amides is 1. The molecule has 4 rings (SSSR count). The number of anilines is 1. The Balaban J connectivity index is 1.65. The summed E-state index contributed by atoms with van der Waals surface area (Å²) in [5, 5.41) is 10.5. The van der Waals surface area contributed by atoms with E-state index in [1.54, 1.807) is 12.1 Å². The maximum absolute atomic E-state index is 12.7. The van der Waals surface area contributed by atoms with Crippen LogP contribution in [0.2, 0.25) is 0 Å². The number of rotatable bonds is 3. The molecule has 0 bridgehead atoms. The summed E-state index contributed by atoms with van der Waals surface area (Å²) >= 11 is 0. The number of carbonyl (C=O) groups is 1. The molecule has 130 valence electrons. The quantitative estimate of drug-likeness (QED) is 0.613. The maximum Gasteiger partial charge on any atom is 0.255 e. The van der Waals surface area contributed by atoms with Gasteiger partial charge in [0.25, 0.3) is 5.91 Å². The third-order valence-corrected chi connectivity index (χ3v) is 4.46. The van der Waals surface area contributed by atoms with Crippen LogP contribution in [0, 0.1) is 13.8 Å². The van der Waals surface area contributed by atoms with Gasteiger partial charge in [0.05, 0.1) is 11.0 Å². The Hall–Kier alpha value is -3.48. The van der Waals surface area contributed by atoms with E-state index in [1.807, 2.05) is 49.7 Å². The molecule has 0 aliphatic heterocycles. The van der Waals surface area contributed by atoms with Gasteiger partial charge < -0.3 is 14.3 Å². The Labute approximate surface area is 149 Å². The molecule has 7 heteroatoms. The highest BCUT2D eigenvalue weighted by atomic mass is 16.4. The monoisotopic (exact) mass is 347 g/mol. The summed E-state index contributed by atoms with van der Waals surface area (Å²) in [6.07, 6.45) is 1.28. The second-order valence-corrected chi connectivity index (χ2v) is 6.15. The van der Waals surface area contributed by atoms with Crippen molar-refractivity contribution in [1.29, 1.82) is 0 Å². The predicted octanol–water partition coefficient (Wildman–Crippen LogP) is 3.49. The van der Waals surface area contributed by atoms with Crippen molar-refractivity contribution in [3.63, 3.8) is 0 Å². The lowest BCUT2D eigenvalue weighted by molar-refractivity contribution is 0.102. The summed E-state index contributed by atoms with van der Waals surface area (Å²) in [5.74, 6) is 1.12. The van der Waals surface area contributed by atoms with Crippen LogP contribution in [0.15, 0.2) is 47.2 Å². The number of nitrogens with one attached hydrogen (secondary N) is 1. The zero-order chi connectivity index (χ0) is 18.3. The van der Waals surface area contributed by atoms with Crippen LogP contribution < -0.4 is 5.32 Å². The van der Waals surface area contributed by atoms with Gasteiger partial charge in [-0.15, -0.1) is 10.2 Å². The SMILES string of the molecule is Cc1ccc(-c2nnco2)cc1NC(=O)c1ccc2c(c1)nc(C)n2C. The Morgan fingerprint density at radius 2 is 2.00 bits per heavy atom. The van der Waals surface area contributed by atoms with E-state index in [0.29, 0.717) is 17.1 Å². The summed E-state index contributed by atoms with van der Waals surface area (Å²) in [6, 6.07) is 11.1. The van der Waals surface area contributed by atoms with Gasteiger partial charge in [-0.25, -0.2) is 4.98 Å². The average molecular weight is 347 g/mol. The topological polar surface area (TPSA) is 85.8 Å². The lowest BCUT2D eigenvalue weighted by atomic mass is 10.1. The first-order valence-corrected chi connectivity index (χ1v) is 8.14. The Kier molecular flexibility index (Phi) is 3.76. The van der Waals surface area contributed by atoms with Gasteiger partial charge in [0.1, 0.15) is 5.82 Å². The van der Waals surface area contributed by atoms with Crippen molar-refractivity contribution in [2.75, 3.05) is 5.32 Å². The van der Waals surface area contributed by atoms with Gasteiger partial charge in [0.2, 0.25) is 12.3 Å². The van der Waals surface area contributed by atoms with Crippen molar-refractivity contribution in [2.45, 2.75) is 13.8 Å². The summed E-state index contributed by atoms with van der Waals surface area (Å²) in [7, 11) is 1.96. The van der Waals surface area contributed by atoms with Gasteiger partial charge in [-0.1, -0.05) is 6.07 Å². The van der Waals surface area contributed by atoms with Gasteiger partial charge >= 0.3 is 0 Å². The molecule has 1 amide bonds. The molecule has 0 radical (unpaired) electrons. The highest BCUT2D eigenvalue weighted by Gasteiger charge is 2.13. The average Bonchev–Trinajstić information content (AvgIpc) is 3.26. The smallest absolute Gasteiger partial charge is 0.255 e. The fourth-order valence-corrected chi connectivity index (χ4v) is 2.84. The van der Waals surface area contributed by atoms with E-state index in [4.69, 9.17) is 4.42 Å². The van der Waals surface area contributed by atoms with E-state index in [9.17, 15) is 4.79 Å². The zero-order valence-corrected chi connectivity index (χ0v) is 14.6. The summed E-state index contributed by atoms with van der Waals surface area (Å²) in [6.45, 7) is 3.87. The minimum atomic E-state index is -0.194. The molecule has 0 saturated heterocycles. The third kappa shape index (κ3) is 2.73. The fourth-order valence-electron chi connectivity index (χ4n) is 2.84. The minimum Gasteiger partial charge on any atom is -0.423 e. The van der Waals surface area contributed by atoms with Gasteiger partial charge in [-0.3, -0.25) is 4.79 Å². The second-order valence-electron chi connectivity index (χ2n) is 6.15. The second kappa shape index (κ2) is 6.11. The molecular weight excluding hydrogens is 330 g/mol. The highest BCUT2D eigenvalue weighted by molar-refractivity contribution is 6.06. The molecule has 2 aromatic carbocycles. The van der Waals surface area contributed by atoms with Crippen LogP contribution in [-0.2, 0) is 7.05 Å². The zero-order valence-electron chi connectivity index (χ0n) is 14.6. The molecule has 26 heavy (non-hydrogen) atoms. The fraction of sp³-hybridized carbons (Fsp3) is 0.158. The first-order valence-electron chi connectivity index (χ1n) is 8.14. The lowest BCUT2D eigenvalue weighted by Gasteiger charge is -2.10. The van der Waals surface area contributed by atoms with Crippen LogP contribution in [0.3, 0.4) is 0 Å². The van der Waals surface area contributed by atoms with Crippen molar-refractivity contribution in [3.8, 4) is 11.5 Å². The third-order valence-electron chi connectivity index (χ3n) is 4.46. The largest absolute Gasteiger partial charge is 0.423 e. The minimum absolute atomic E-state index is 0.194. The first-order chi connectivity index (χ1) is 12.5. The molecule has 0 aliphatic rings. The Morgan fingerprint density at radius 3 is 2.77 bits per heavy atom. The van der Waals surface area contributed by atoms with E-state index in [2.05, 4.69) is 20.5 Å². The Morgan fingerprint density at radius 1 is 1.15 bits per heavy atom. The van der Waals surface area contributed by atoms with Crippen LogP contribution in [0.5, 0.6) is 0 Å². The highest BCUT2D eigenvalue weighted by Crippen LogP contribution is 2.25. The van der Waals surface area contributed by atoms with Crippen molar-refractivity contribution in [2.24, 2.45) is 7.05 Å². The molecule has 0 saturated carbocycles. The summed E-state index contributed by atoms with van der Waals surface area (Å²) in [4.78, 5) is 17.2. The maximum atomic E-state index is 12.7. The van der Waals surface area contributed by atoms with E-state index < -0.39 is 0 Å². The van der Waals surface area contributed by atoms with Crippen LogP contribution >= 0.6 is 0 Å². The molecule has 0 aliphatic carbocycles. The molecule has 1 N–H and O–H groups in total. The molecule has 0 atom stereocenters. The van der Waals surface area contributed by atoms with Gasteiger partial charge in [0, 0.05) is 23.9 Å². The van der Waals surface area contributed by atoms with Gasteiger partial charge in [-0.05, 0) is 49.7 Å². The van der Waals surface area contributed by atoms with E-state index in [0.717, 1.165) is 28.0 Å². The standard InChI is InChI=1S/C19H17N5O2/c1-11-4-5-14(19-23-20-10-26-19)9-15(11)22-18(25)13-6-7-17-16(8-13)21-12(2)24(17)3/h4-10H,1-3H3,(H,22,25). The molecule has 2 heterocycles. The number of imidazole rings is 1. The van der Waals surface area contributed by atoms with E-state index in [1.165, 1.54) is 6.39 Å². The van der Waals surface area contributed by atoms with Crippen molar-refractivity contribution in [1.82, 2.24) is 19.7 Å². The molecule has 0 spiro atoms. The molecular formula is C19H17N5O2. The van der Waals surface area contributed by atoms with Gasteiger partial charge in [0.15, 0.2) is 0 Å². The van der Waals surface area contributed by atoms with Crippen molar-refractivity contribution >= 4 is 22.6 Å². The van der Waals surface area contributed by atoms with Crippen molar-refractivity contribution < 1.29 is 9.21 Å². The molecule has 4 aromatic rings. The van der Waals surface area contributed by atoms with Crippen molar-refractivity contribution in [3.05, 3.63) is 59.7 Å². The number of aryl methyl sites for hydroxylation is 3. The number of hydrogen-bond donors (Lipinski definition) is 1. The number of benzene rings is 2. The summed E-state index contributed by atoms with van der Waals surface area (Å²) < 4.78 is 7.22. The molecule has 2 aromatic heterocycles. The van der Waals surface area contributed by atoms with Crippen LogP contribution in [-0.4, -0.2) is 25.7 Å². The number of hydrogen-bond acceptors (Lipinski definition) is 5. The van der Waals surface area contributed by atoms with E-state index in [-0.39, 0.29) is 5.91 Å². The van der Waals surface area contributed by atoms with Crippen LogP contribution in [0.25, 0.3) is 22.5 Å². The number of aromatic nitrogens is 4. The predicted molar refractivity (Wildman–Crippen MR) is 97.9 cm³/mol. The Bertz CT molecular complexity index is 1110. The molecule has 0 fully saturated rings. The molecule has 0 unspecified atom stereocenters. The molecule has 7 nitrogen and oxygen atoms in total.